The van der Waals surface area contributed by atoms with Crippen LogP contribution in [0.5, 0.6) is 0 Å². The summed E-state index contributed by atoms with van der Waals surface area (Å²) in [6.07, 6.45) is 2.28. The molecular weight excluding hydrogens is 322 g/mol. The molecule has 1 fully saturated rings. The molecule has 0 amide bonds. The minimum atomic E-state index is -0.573. The molecule has 0 spiro atoms. The van der Waals surface area contributed by atoms with Gasteiger partial charge in [-0.1, -0.05) is 67.6 Å². The van der Waals surface area contributed by atoms with Gasteiger partial charge in [0, 0.05) is 19.5 Å². The Morgan fingerprint density at radius 3 is 2.00 bits per heavy atom. The molecule has 138 valence electrons. The van der Waals surface area contributed by atoms with Crippen LogP contribution < -0.4 is 0 Å². The molecule has 0 aromatic heterocycles. The average Bonchev–Trinajstić information content (AvgIpc) is 2.71. The molecule has 1 aliphatic heterocycles. The van der Waals surface area contributed by atoms with Crippen molar-refractivity contribution >= 4 is 5.78 Å². The van der Waals surface area contributed by atoms with Crippen LogP contribution in [0, 0.1) is 0 Å². The molecule has 0 radical (unpaired) electrons. The van der Waals surface area contributed by atoms with Gasteiger partial charge < -0.3 is 4.74 Å². The Bertz CT molecular complexity index is 638. The van der Waals surface area contributed by atoms with Gasteiger partial charge in [-0.15, -0.1) is 0 Å². The molecule has 0 unspecified atom stereocenters. The Morgan fingerprint density at radius 2 is 1.50 bits per heavy atom. The summed E-state index contributed by atoms with van der Waals surface area (Å²) < 4.78 is 5.48. The maximum Gasteiger partial charge on any atom is 0.147 e. The third-order valence-electron chi connectivity index (χ3n) is 5.39. The third-order valence-corrected chi connectivity index (χ3v) is 5.39. The SMILES string of the molecule is CCCC(=O)C(CCN1CCOCC1)(c1ccccc1)c1ccccc1. The summed E-state index contributed by atoms with van der Waals surface area (Å²) in [7, 11) is 0. The molecule has 3 nitrogen and oxygen atoms in total. The van der Waals surface area contributed by atoms with Crippen LogP contribution in [-0.2, 0) is 14.9 Å². The van der Waals surface area contributed by atoms with Crippen LogP contribution in [0.1, 0.15) is 37.3 Å². The lowest BCUT2D eigenvalue weighted by molar-refractivity contribution is -0.123. The first-order valence-electron chi connectivity index (χ1n) is 9.72. The number of benzene rings is 2. The molecule has 26 heavy (non-hydrogen) atoms. The fourth-order valence-corrected chi connectivity index (χ4v) is 3.95. The number of hydrogen-bond acceptors (Lipinski definition) is 3. The monoisotopic (exact) mass is 351 g/mol. The zero-order valence-corrected chi connectivity index (χ0v) is 15.7. The lowest BCUT2D eigenvalue weighted by atomic mass is 9.68. The predicted molar refractivity (Wildman–Crippen MR) is 105 cm³/mol. The highest BCUT2D eigenvalue weighted by atomic mass is 16.5. The summed E-state index contributed by atoms with van der Waals surface area (Å²) in [6.45, 7) is 6.45. The minimum absolute atomic E-state index is 0.325. The van der Waals surface area contributed by atoms with Gasteiger partial charge in [-0.05, 0) is 30.5 Å². The van der Waals surface area contributed by atoms with Crippen molar-refractivity contribution in [2.45, 2.75) is 31.6 Å². The van der Waals surface area contributed by atoms with E-state index in [4.69, 9.17) is 4.74 Å². The van der Waals surface area contributed by atoms with Gasteiger partial charge in [0.25, 0.3) is 0 Å². The predicted octanol–water partition coefficient (Wildman–Crippen LogP) is 4.06. The molecule has 2 aromatic carbocycles. The molecule has 0 saturated carbocycles. The normalized spacial score (nSPS) is 15.7. The van der Waals surface area contributed by atoms with Gasteiger partial charge in [0.15, 0.2) is 0 Å². The largest absolute Gasteiger partial charge is 0.379 e. The number of hydrogen-bond donors (Lipinski definition) is 0. The first-order chi connectivity index (χ1) is 12.8. The summed E-state index contributed by atoms with van der Waals surface area (Å²) in [5.74, 6) is 0.325. The van der Waals surface area contributed by atoms with Crippen molar-refractivity contribution in [3.8, 4) is 0 Å². The summed E-state index contributed by atoms with van der Waals surface area (Å²) in [5.41, 5.74) is 1.65. The highest BCUT2D eigenvalue weighted by molar-refractivity contribution is 5.93. The molecule has 0 N–H and O–H groups in total. The first-order valence-corrected chi connectivity index (χ1v) is 9.72. The molecular formula is C23H29NO2. The number of Topliss-reactive ketones (excluding diaryl/α,β-unsaturated/α-hetero) is 1. The summed E-state index contributed by atoms with van der Waals surface area (Å²) >= 11 is 0. The van der Waals surface area contributed by atoms with Crippen LogP contribution in [0.15, 0.2) is 60.7 Å². The molecule has 1 saturated heterocycles. The Hall–Kier alpha value is -1.97. The molecule has 0 aliphatic carbocycles. The van der Waals surface area contributed by atoms with Gasteiger partial charge in [0.1, 0.15) is 5.78 Å². The van der Waals surface area contributed by atoms with Gasteiger partial charge in [-0.25, -0.2) is 0 Å². The molecule has 0 atom stereocenters. The molecule has 3 rings (SSSR count). The maximum atomic E-state index is 13.5. The Balaban J connectivity index is 2.00. The zero-order chi connectivity index (χ0) is 18.2. The van der Waals surface area contributed by atoms with Crippen LogP contribution in [0.4, 0.5) is 0 Å². The average molecular weight is 351 g/mol. The Labute approximate surface area is 157 Å². The second-order valence-corrected chi connectivity index (χ2v) is 7.01. The van der Waals surface area contributed by atoms with Crippen molar-refractivity contribution in [1.29, 1.82) is 0 Å². The van der Waals surface area contributed by atoms with Crippen molar-refractivity contribution in [1.82, 2.24) is 4.90 Å². The van der Waals surface area contributed by atoms with Gasteiger partial charge in [-0.2, -0.15) is 0 Å². The molecule has 2 aromatic rings. The highest BCUT2D eigenvalue weighted by Gasteiger charge is 2.40. The van der Waals surface area contributed by atoms with Crippen molar-refractivity contribution in [2.75, 3.05) is 32.8 Å². The van der Waals surface area contributed by atoms with Crippen LogP contribution in [0.3, 0.4) is 0 Å². The van der Waals surface area contributed by atoms with Gasteiger partial charge in [0.05, 0.1) is 18.6 Å². The van der Waals surface area contributed by atoms with E-state index in [1.165, 1.54) is 0 Å². The minimum Gasteiger partial charge on any atom is -0.379 e. The fraction of sp³-hybridized carbons (Fsp3) is 0.435. The smallest absolute Gasteiger partial charge is 0.147 e. The van der Waals surface area contributed by atoms with E-state index in [0.29, 0.717) is 12.2 Å². The zero-order valence-electron chi connectivity index (χ0n) is 15.7. The van der Waals surface area contributed by atoms with E-state index >= 15 is 0 Å². The Kier molecular flexibility index (Phi) is 6.59. The number of ether oxygens (including phenoxy) is 1. The summed E-state index contributed by atoms with van der Waals surface area (Å²) in [6, 6.07) is 20.7. The van der Waals surface area contributed by atoms with Crippen LogP contribution in [-0.4, -0.2) is 43.5 Å². The lowest BCUT2D eigenvalue weighted by Gasteiger charge is -2.37. The van der Waals surface area contributed by atoms with Gasteiger partial charge in [0.2, 0.25) is 0 Å². The van der Waals surface area contributed by atoms with E-state index < -0.39 is 5.41 Å². The fourth-order valence-electron chi connectivity index (χ4n) is 3.95. The summed E-state index contributed by atoms with van der Waals surface area (Å²) in [5, 5.41) is 0. The van der Waals surface area contributed by atoms with E-state index in [0.717, 1.165) is 56.8 Å². The van der Waals surface area contributed by atoms with Gasteiger partial charge >= 0.3 is 0 Å². The van der Waals surface area contributed by atoms with Crippen LogP contribution in [0.2, 0.25) is 0 Å². The highest BCUT2D eigenvalue weighted by Crippen LogP contribution is 2.38. The van der Waals surface area contributed by atoms with Crippen molar-refractivity contribution in [3.05, 3.63) is 71.8 Å². The van der Waals surface area contributed by atoms with E-state index in [1.807, 2.05) is 36.4 Å². The number of nitrogens with zero attached hydrogens (tertiary/aromatic N) is 1. The summed E-state index contributed by atoms with van der Waals surface area (Å²) in [4.78, 5) is 15.9. The molecule has 1 aliphatic rings. The quantitative estimate of drug-likeness (QED) is 0.718. The molecule has 3 heteroatoms. The standard InChI is InChI=1S/C23H29NO2/c1-2-9-22(25)23(20-10-5-3-6-11-20,21-12-7-4-8-13-21)14-15-24-16-18-26-19-17-24/h3-8,10-13H,2,9,14-19H2,1H3. The van der Waals surface area contributed by atoms with Crippen molar-refractivity contribution in [2.24, 2.45) is 0 Å². The number of carbonyl (C=O) groups excluding carboxylic acids is 1. The van der Waals surface area contributed by atoms with Crippen molar-refractivity contribution < 1.29 is 9.53 Å². The van der Waals surface area contributed by atoms with Crippen LogP contribution >= 0.6 is 0 Å². The number of ketones is 1. The topological polar surface area (TPSA) is 29.5 Å². The second-order valence-electron chi connectivity index (χ2n) is 7.01. The Morgan fingerprint density at radius 1 is 0.962 bits per heavy atom. The third kappa shape index (κ3) is 4.05. The van der Waals surface area contributed by atoms with Gasteiger partial charge in [-0.3, -0.25) is 9.69 Å². The van der Waals surface area contributed by atoms with E-state index in [9.17, 15) is 4.79 Å². The number of carbonyl (C=O) groups is 1. The second kappa shape index (κ2) is 9.11. The van der Waals surface area contributed by atoms with E-state index in [1.54, 1.807) is 0 Å². The maximum absolute atomic E-state index is 13.5. The number of rotatable bonds is 8. The van der Waals surface area contributed by atoms with E-state index in [-0.39, 0.29) is 0 Å². The first kappa shape index (κ1) is 18.8. The lowest BCUT2D eigenvalue weighted by Crippen LogP contribution is -2.43. The number of morpholine rings is 1. The van der Waals surface area contributed by atoms with Crippen molar-refractivity contribution in [3.63, 3.8) is 0 Å². The van der Waals surface area contributed by atoms with Crippen LogP contribution in [0.25, 0.3) is 0 Å². The molecule has 0 bridgehead atoms. The van der Waals surface area contributed by atoms with E-state index in [2.05, 4.69) is 36.1 Å². The molecule has 1 heterocycles.